The molecule has 2 fully saturated rings. The molecule has 0 spiro atoms. The number of rotatable bonds is 3. The van der Waals surface area contributed by atoms with Crippen LogP contribution < -0.4 is 5.32 Å². The zero-order valence-corrected chi connectivity index (χ0v) is 11.8. The summed E-state index contributed by atoms with van der Waals surface area (Å²) in [5.41, 5.74) is -0.494. The van der Waals surface area contributed by atoms with Gasteiger partial charge in [0.2, 0.25) is 0 Å². The zero-order valence-electron chi connectivity index (χ0n) is 11.8. The molecule has 2 unspecified atom stereocenters. The van der Waals surface area contributed by atoms with Crippen molar-refractivity contribution in [1.82, 2.24) is 10.2 Å². The molecular formula is C14H24N2O3. The highest BCUT2D eigenvalue weighted by Gasteiger charge is 2.42. The molecule has 2 N–H and O–H groups in total. The Morgan fingerprint density at radius 2 is 2.05 bits per heavy atom. The Morgan fingerprint density at radius 3 is 2.53 bits per heavy atom. The molecule has 19 heavy (non-hydrogen) atoms. The zero-order chi connectivity index (χ0) is 14.0. The van der Waals surface area contributed by atoms with Crippen molar-refractivity contribution in [2.45, 2.75) is 64.0 Å². The van der Waals surface area contributed by atoms with Crippen LogP contribution in [-0.4, -0.2) is 40.1 Å². The smallest absolute Gasteiger partial charge is 0.318 e. The molecule has 5 nitrogen and oxygen atoms in total. The second kappa shape index (κ2) is 5.39. The molecule has 0 aromatic carbocycles. The number of carboxylic acid groups (broad SMARTS) is 1. The molecule has 2 aliphatic rings. The van der Waals surface area contributed by atoms with Crippen molar-refractivity contribution < 1.29 is 14.7 Å². The molecule has 108 valence electrons. The van der Waals surface area contributed by atoms with Gasteiger partial charge in [-0.3, -0.25) is 4.79 Å². The summed E-state index contributed by atoms with van der Waals surface area (Å²) in [6, 6.07) is 0.158. The van der Waals surface area contributed by atoms with Crippen LogP contribution in [0.25, 0.3) is 0 Å². The van der Waals surface area contributed by atoms with Crippen molar-refractivity contribution in [1.29, 1.82) is 0 Å². The van der Waals surface area contributed by atoms with E-state index in [1.165, 1.54) is 0 Å². The van der Waals surface area contributed by atoms with Gasteiger partial charge in [-0.05, 0) is 44.9 Å². The van der Waals surface area contributed by atoms with Gasteiger partial charge in [-0.25, -0.2) is 4.79 Å². The Kier molecular flexibility index (Phi) is 4.02. The van der Waals surface area contributed by atoms with Gasteiger partial charge in [-0.15, -0.1) is 0 Å². The van der Waals surface area contributed by atoms with Gasteiger partial charge in [0.15, 0.2) is 0 Å². The summed E-state index contributed by atoms with van der Waals surface area (Å²) in [5, 5.41) is 11.9. The largest absolute Gasteiger partial charge is 0.481 e. The molecule has 1 aliphatic carbocycles. The van der Waals surface area contributed by atoms with Crippen LogP contribution in [0.5, 0.6) is 0 Å². The minimum absolute atomic E-state index is 0.0391. The van der Waals surface area contributed by atoms with Gasteiger partial charge in [0.25, 0.3) is 0 Å². The summed E-state index contributed by atoms with van der Waals surface area (Å²) >= 11 is 0. The summed E-state index contributed by atoms with van der Waals surface area (Å²) in [4.78, 5) is 25.1. The van der Waals surface area contributed by atoms with Gasteiger partial charge in [-0.1, -0.05) is 6.92 Å². The number of urea groups is 1. The van der Waals surface area contributed by atoms with Crippen molar-refractivity contribution >= 4 is 12.0 Å². The predicted octanol–water partition coefficient (Wildman–Crippen LogP) is 2.21. The summed E-state index contributed by atoms with van der Waals surface area (Å²) in [6.45, 7) is 5.06. The van der Waals surface area contributed by atoms with Crippen molar-refractivity contribution in [2.24, 2.45) is 5.92 Å². The lowest BCUT2D eigenvalue weighted by Gasteiger charge is -2.44. The number of aliphatic carboxylic acids is 1. The standard InChI is InChI=1S/C14H24N2O3/c1-10-4-7-16(11(2)8-10)13(19)15-14(5-3-6-14)9-12(17)18/h10-11H,3-9H2,1-2H3,(H,15,19)(H,17,18). The lowest BCUT2D eigenvalue weighted by Crippen LogP contribution is -2.60. The predicted molar refractivity (Wildman–Crippen MR) is 71.9 cm³/mol. The van der Waals surface area contributed by atoms with E-state index in [1.807, 2.05) is 4.90 Å². The van der Waals surface area contributed by atoms with Crippen molar-refractivity contribution in [3.8, 4) is 0 Å². The lowest BCUT2D eigenvalue weighted by atomic mass is 9.74. The number of hydrogen-bond donors (Lipinski definition) is 2. The Hall–Kier alpha value is -1.26. The monoisotopic (exact) mass is 268 g/mol. The number of likely N-dealkylation sites (tertiary alicyclic amines) is 1. The number of piperidine rings is 1. The first-order chi connectivity index (χ1) is 8.92. The van der Waals surface area contributed by atoms with Crippen LogP contribution in [-0.2, 0) is 4.79 Å². The fourth-order valence-corrected chi connectivity index (χ4v) is 3.25. The summed E-state index contributed by atoms with van der Waals surface area (Å²) in [7, 11) is 0. The van der Waals surface area contributed by atoms with Crippen LogP contribution in [0.1, 0.15) is 52.4 Å². The number of carbonyl (C=O) groups excluding carboxylic acids is 1. The van der Waals surface area contributed by atoms with E-state index in [1.54, 1.807) is 0 Å². The quantitative estimate of drug-likeness (QED) is 0.824. The molecule has 2 atom stereocenters. The van der Waals surface area contributed by atoms with Crippen LogP contribution in [0.2, 0.25) is 0 Å². The van der Waals surface area contributed by atoms with Crippen molar-refractivity contribution in [3.63, 3.8) is 0 Å². The first-order valence-electron chi connectivity index (χ1n) is 7.22. The number of carbonyl (C=O) groups is 2. The fourth-order valence-electron chi connectivity index (χ4n) is 3.25. The normalized spacial score (nSPS) is 29.5. The molecule has 1 saturated heterocycles. The van der Waals surface area contributed by atoms with Gasteiger partial charge in [-0.2, -0.15) is 0 Å². The van der Waals surface area contributed by atoms with E-state index >= 15 is 0 Å². The Morgan fingerprint density at radius 1 is 1.37 bits per heavy atom. The maximum absolute atomic E-state index is 12.3. The summed E-state index contributed by atoms with van der Waals surface area (Å²) < 4.78 is 0. The number of amides is 2. The SMILES string of the molecule is CC1CCN(C(=O)NC2(CC(=O)O)CCC2)C(C)C1. The lowest BCUT2D eigenvalue weighted by molar-refractivity contribution is -0.139. The fraction of sp³-hybridized carbons (Fsp3) is 0.857. The molecule has 0 radical (unpaired) electrons. The van der Waals surface area contributed by atoms with Gasteiger partial charge in [0.1, 0.15) is 0 Å². The maximum atomic E-state index is 12.3. The molecule has 5 heteroatoms. The minimum atomic E-state index is -0.833. The van der Waals surface area contributed by atoms with E-state index in [4.69, 9.17) is 5.11 Å². The van der Waals surface area contributed by atoms with Gasteiger partial charge >= 0.3 is 12.0 Å². The van der Waals surface area contributed by atoms with Crippen LogP contribution in [0.3, 0.4) is 0 Å². The highest BCUT2D eigenvalue weighted by Crippen LogP contribution is 2.35. The third kappa shape index (κ3) is 3.19. The van der Waals surface area contributed by atoms with E-state index in [0.717, 1.165) is 38.6 Å². The molecule has 0 bridgehead atoms. The molecule has 2 amide bonds. The topological polar surface area (TPSA) is 69.6 Å². The number of carboxylic acids is 1. The second-order valence-electron chi connectivity index (χ2n) is 6.31. The second-order valence-corrected chi connectivity index (χ2v) is 6.31. The highest BCUT2D eigenvalue weighted by atomic mass is 16.4. The average molecular weight is 268 g/mol. The highest BCUT2D eigenvalue weighted by molar-refractivity contribution is 5.77. The van der Waals surface area contributed by atoms with E-state index in [0.29, 0.717) is 5.92 Å². The first-order valence-corrected chi connectivity index (χ1v) is 7.22. The van der Waals surface area contributed by atoms with Crippen LogP contribution in [0, 0.1) is 5.92 Å². The van der Waals surface area contributed by atoms with E-state index < -0.39 is 11.5 Å². The Bertz CT molecular complexity index is 366. The summed E-state index contributed by atoms with van der Waals surface area (Å²) in [5.74, 6) is -0.170. The third-order valence-electron chi connectivity index (χ3n) is 4.57. The summed E-state index contributed by atoms with van der Waals surface area (Å²) in [6.07, 6.45) is 4.66. The average Bonchev–Trinajstić information content (AvgIpc) is 2.25. The minimum Gasteiger partial charge on any atom is -0.481 e. The third-order valence-corrected chi connectivity index (χ3v) is 4.57. The van der Waals surface area contributed by atoms with Crippen LogP contribution >= 0.6 is 0 Å². The molecular weight excluding hydrogens is 244 g/mol. The molecule has 0 aromatic rings. The van der Waals surface area contributed by atoms with E-state index in [2.05, 4.69) is 19.2 Å². The van der Waals surface area contributed by atoms with Crippen LogP contribution in [0.15, 0.2) is 0 Å². The molecule has 1 aliphatic heterocycles. The molecule has 1 heterocycles. The van der Waals surface area contributed by atoms with Crippen LogP contribution in [0.4, 0.5) is 4.79 Å². The number of hydrogen-bond acceptors (Lipinski definition) is 2. The first kappa shape index (κ1) is 14.2. The maximum Gasteiger partial charge on any atom is 0.318 e. The molecule has 1 saturated carbocycles. The number of nitrogens with zero attached hydrogens (tertiary/aromatic N) is 1. The van der Waals surface area contributed by atoms with Gasteiger partial charge in [0.05, 0.1) is 12.0 Å². The molecule has 0 aromatic heterocycles. The van der Waals surface area contributed by atoms with E-state index in [9.17, 15) is 9.59 Å². The number of nitrogens with one attached hydrogen (secondary N) is 1. The molecule has 2 rings (SSSR count). The Labute approximate surface area is 114 Å². The Balaban J connectivity index is 1.94. The van der Waals surface area contributed by atoms with E-state index in [-0.39, 0.29) is 18.5 Å². The van der Waals surface area contributed by atoms with Gasteiger partial charge in [0, 0.05) is 12.6 Å². The van der Waals surface area contributed by atoms with Gasteiger partial charge < -0.3 is 15.3 Å². The van der Waals surface area contributed by atoms with Crippen molar-refractivity contribution in [3.05, 3.63) is 0 Å². The van der Waals surface area contributed by atoms with Crippen molar-refractivity contribution in [2.75, 3.05) is 6.54 Å².